The van der Waals surface area contributed by atoms with Crippen molar-refractivity contribution in [1.29, 1.82) is 0 Å². The van der Waals surface area contributed by atoms with Gasteiger partial charge in [-0.1, -0.05) is 6.92 Å². The van der Waals surface area contributed by atoms with Gasteiger partial charge in [0, 0.05) is 50.4 Å². The summed E-state index contributed by atoms with van der Waals surface area (Å²) in [7, 11) is 0. The third kappa shape index (κ3) is 4.24. The molecule has 1 aliphatic heterocycles. The van der Waals surface area contributed by atoms with Crippen LogP contribution in [0.3, 0.4) is 0 Å². The lowest BCUT2D eigenvalue weighted by atomic mass is 10.1. The molecular formula is C12H23ClN4O. The predicted molar refractivity (Wildman–Crippen MR) is 73.8 cm³/mol. The van der Waals surface area contributed by atoms with Crippen molar-refractivity contribution in [3.63, 3.8) is 0 Å². The number of nitrogens with zero attached hydrogens (tertiary/aromatic N) is 2. The summed E-state index contributed by atoms with van der Waals surface area (Å²) >= 11 is 0. The Balaban J connectivity index is 0.00000162. The molecule has 1 aliphatic rings. The Morgan fingerprint density at radius 1 is 1.56 bits per heavy atom. The largest absolute Gasteiger partial charge is 0.391 e. The van der Waals surface area contributed by atoms with E-state index in [1.807, 2.05) is 10.9 Å². The van der Waals surface area contributed by atoms with E-state index < -0.39 is 0 Å². The molecule has 0 amide bonds. The lowest BCUT2D eigenvalue weighted by molar-refractivity contribution is 0.146. The first-order valence-electron chi connectivity index (χ1n) is 6.40. The Labute approximate surface area is 114 Å². The zero-order chi connectivity index (χ0) is 12.1. The summed E-state index contributed by atoms with van der Waals surface area (Å²) in [5.74, 6) is 0.334. The van der Waals surface area contributed by atoms with Gasteiger partial charge in [0.2, 0.25) is 0 Å². The molecule has 0 radical (unpaired) electrons. The van der Waals surface area contributed by atoms with E-state index in [2.05, 4.69) is 28.9 Å². The van der Waals surface area contributed by atoms with E-state index in [1.165, 1.54) is 5.56 Å². The fraction of sp³-hybridized carbons (Fsp3) is 0.750. The minimum Gasteiger partial charge on any atom is -0.391 e. The number of halogens is 1. The van der Waals surface area contributed by atoms with Crippen molar-refractivity contribution in [2.45, 2.75) is 32.5 Å². The number of aliphatic hydroxyl groups excluding tert-OH is 1. The monoisotopic (exact) mass is 274 g/mol. The van der Waals surface area contributed by atoms with E-state index in [9.17, 15) is 5.11 Å². The second-order valence-electron chi connectivity index (χ2n) is 4.73. The van der Waals surface area contributed by atoms with Crippen molar-refractivity contribution in [1.82, 2.24) is 20.4 Å². The predicted octanol–water partition coefficient (Wildman–Crippen LogP) is 0.385. The molecule has 0 aliphatic carbocycles. The lowest BCUT2D eigenvalue weighted by Gasteiger charge is -2.13. The topological polar surface area (TPSA) is 62.1 Å². The number of rotatable bonds is 6. The summed E-state index contributed by atoms with van der Waals surface area (Å²) in [4.78, 5) is 0. The van der Waals surface area contributed by atoms with Crippen molar-refractivity contribution in [3.8, 4) is 0 Å². The Hall–Kier alpha value is -0.620. The lowest BCUT2D eigenvalue weighted by Crippen LogP contribution is -2.30. The third-order valence-corrected chi connectivity index (χ3v) is 3.18. The van der Waals surface area contributed by atoms with Crippen molar-refractivity contribution < 1.29 is 5.11 Å². The van der Waals surface area contributed by atoms with Crippen LogP contribution in [0.15, 0.2) is 12.4 Å². The van der Waals surface area contributed by atoms with Gasteiger partial charge in [0.25, 0.3) is 0 Å². The molecule has 0 spiro atoms. The molecule has 0 aromatic carbocycles. The summed E-state index contributed by atoms with van der Waals surface area (Å²) in [5, 5.41) is 20.5. The molecule has 0 saturated carbocycles. The van der Waals surface area contributed by atoms with E-state index in [0.29, 0.717) is 5.92 Å². The summed E-state index contributed by atoms with van der Waals surface area (Å²) in [6.45, 7) is 6.43. The van der Waals surface area contributed by atoms with Gasteiger partial charge in [-0.3, -0.25) is 4.68 Å². The zero-order valence-corrected chi connectivity index (χ0v) is 11.6. The summed E-state index contributed by atoms with van der Waals surface area (Å²) in [6.07, 6.45) is 4.89. The maximum absolute atomic E-state index is 9.64. The Bertz CT molecular complexity index is 345. The molecule has 0 bridgehead atoms. The Morgan fingerprint density at radius 3 is 3.06 bits per heavy atom. The van der Waals surface area contributed by atoms with Gasteiger partial charge in [-0.05, 0) is 6.42 Å². The maximum Gasteiger partial charge on any atom is 0.0716 e. The Kier molecular flexibility index (Phi) is 6.63. The van der Waals surface area contributed by atoms with Gasteiger partial charge in [0.1, 0.15) is 0 Å². The van der Waals surface area contributed by atoms with Crippen LogP contribution in [0.5, 0.6) is 0 Å². The number of aliphatic hydroxyl groups is 1. The molecule has 2 atom stereocenters. The first-order valence-corrected chi connectivity index (χ1v) is 6.40. The molecule has 5 nitrogen and oxygen atoms in total. The number of hydrogen-bond acceptors (Lipinski definition) is 4. The van der Waals surface area contributed by atoms with Crippen LogP contribution in [0.2, 0.25) is 0 Å². The molecule has 2 rings (SSSR count). The summed E-state index contributed by atoms with van der Waals surface area (Å²) in [6, 6.07) is 0. The van der Waals surface area contributed by atoms with Crippen LogP contribution in [0.25, 0.3) is 0 Å². The molecule has 2 unspecified atom stereocenters. The van der Waals surface area contributed by atoms with Crippen molar-refractivity contribution in [3.05, 3.63) is 18.0 Å². The summed E-state index contributed by atoms with van der Waals surface area (Å²) in [5.41, 5.74) is 1.21. The number of aryl methyl sites for hydroxylation is 1. The molecule has 104 valence electrons. The molecule has 18 heavy (non-hydrogen) atoms. The number of aromatic nitrogens is 2. The number of β-amino-alcohol motifs (C(OH)–C–C–N with tert-alkyl or cyclic N) is 1. The van der Waals surface area contributed by atoms with E-state index in [4.69, 9.17) is 0 Å². The minimum atomic E-state index is -0.203. The number of hydrogen-bond donors (Lipinski definition) is 3. The van der Waals surface area contributed by atoms with E-state index in [0.717, 1.165) is 39.1 Å². The molecule has 1 fully saturated rings. The van der Waals surface area contributed by atoms with Crippen LogP contribution in [-0.2, 0) is 13.1 Å². The van der Waals surface area contributed by atoms with Crippen LogP contribution in [-0.4, -0.2) is 40.6 Å². The fourth-order valence-corrected chi connectivity index (χ4v) is 2.18. The van der Waals surface area contributed by atoms with Crippen molar-refractivity contribution in [2.75, 3.05) is 19.6 Å². The first-order chi connectivity index (χ1) is 8.29. The highest BCUT2D eigenvalue weighted by molar-refractivity contribution is 5.85. The molecule has 1 aromatic heterocycles. The van der Waals surface area contributed by atoms with E-state index in [-0.39, 0.29) is 18.5 Å². The average molecular weight is 275 g/mol. The molecule has 3 N–H and O–H groups in total. The van der Waals surface area contributed by atoms with Crippen LogP contribution < -0.4 is 10.6 Å². The zero-order valence-electron chi connectivity index (χ0n) is 10.8. The second kappa shape index (κ2) is 7.74. The maximum atomic E-state index is 9.64. The second-order valence-corrected chi connectivity index (χ2v) is 4.73. The number of nitrogens with one attached hydrogen (secondary N) is 2. The molecule has 2 heterocycles. The quantitative estimate of drug-likeness (QED) is 0.702. The molecule has 1 saturated heterocycles. The highest BCUT2D eigenvalue weighted by Gasteiger charge is 2.23. The molecule has 1 aromatic rings. The van der Waals surface area contributed by atoms with Gasteiger partial charge in [-0.15, -0.1) is 12.4 Å². The average Bonchev–Trinajstić information content (AvgIpc) is 2.90. The minimum absolute atomic E-state index is 0. The van der Waals surface area contributed by atoms with E-state index >= 15 is 0 Å². The van der Waals surface area contributed by atoms with Crippen molar-refractivity contribution in [2.24, 2.45) is 5.92 Å². The van der Waals surface area contributed by atoms with Gasteiger partial charge < -0.3 is 15.7 Å². The molecular weight excluding hydrogens is 252 g/mol. The SMILES string of the molecule is CCCn1cc(CNCC2CNCC2O)cn1.Cl. The van der Waals surface area contributed by atoms with E-state index in [1.54, 1.807) is 0 Å². The first kappa shape index (κ1) is 15.4. The molecule has 6 heteroatoms. The highest BCUT2D eigenvalue weighted by Crippen LogP contribution is 2.07. The smallest absolute Gasteiger partial charge is 0.0716 e. The van der Waals surface area contributed by atoms with Gasteiger partial charge in [-0.25, -0.2) is 0 Å². The summed E-state index contributed by atoms with van der Waals surface area (Å²) < 4.78 is 1.98. The fourth-order valence-electron chi connectivity index (χ4n) is 2.18. The van der Waals surface area contributed by atoms with Crippen LogP contribution in [0.1, 0.15) is 18.9 Å². The normalized spacial score (nSPS) is 23.0. The third-order valence-electron chi connectivity index (χ3n) is 3.18. The van der Waals surface area contributed by atoms with Gasteiger partial charge in [-0.2, -0.15) is 5.10 Å². The van der Waals surface area contributed by atoms with Gasteiger partial charge in [0.05, 0.1) is 12.3 Å². The van der Waals surface area contributed by atoms with Gasteiger partial charge >= 0.3 is 0 Å². The Morgan fingerprint density at radius 2 is 2.39 bits per heavy atom. The van der Waals surface area contributed by atoms with Crippen molar-refractivity contribution >= 4 is 12.4 Å². The standard InChI is InChI=1S/C12H22N4O.ClH/c1-2-3-16-9-10(5-15-16)4-13-6-11-7-14-8-12(11)17;/h5,9,11-14,17H,2-4,6-8H2,1H3;1H. The van der Waals surface area contributed by atoms with Gasteiger partial charge in [0.15, 0.2) is 0 Å². The highest BCUT2D eigenvalue weighted by atomic mass is 35.5. The van der Waals surface area contributed by atoms with Crippen LogP contribution in [0, 0.1) is 5.92 Å². The van der Waals surface area contributed by atoms with Crippen LogP contribution in [0.4, 0.5) is 0 Å². The van der Waals surface area contributed by atoms with Crippen LogP contribution >= 0.6 is 12.4 Å².